The molecule has 3 aromatic rings. The number of carbonyl (C=O) groups is 1. The van der Waals surface area contributed by atoms with Gasteiger partial charge in [0.1, 0.15) is 19.0 Å². The summed E-state index contributed by atoms with van der Waals surface area (Å²) in [7, 11) is 1.90. The number of amides is 1. The molecule has 1 aromatic heterocycles. The molecule has 0 spiro atoms. The van der Waals surface area contributed by atoms with Gasteiger partial charge >= 0.3 is 0 Å². The monoisotopic (exact) mass is 384 g/mol. The lowest BCUT2D eigenvalue weighted by Crippen LogP contribution is -2.16. The van der Waals surface area contributed by atoms with Crippen molar-refractivity contribution in [1.82, 2.24) is 4.57 Å². The number of aromatic nitrogens is 1. The van der Waals surface area contributed by atoms with Crippen molar-refractivity contribution in [3.63, 3.8) is 0 Å². The van der Waals surface area contributed by atoms with E-state index in [2.05, 4.69) is 4.99 Å². The smallest absolute Gasteiger partial charge is 0.252 e. The third-order valence-corrected chi connectivity index (χ3v) is 5.38. The number of benzene rings is 2. The summed E-state index contributed by atoms with van der Waals surface area (Å²) in [5.41, 5.74) is 1.88. The van der Waals surface area contributed by atoms with E-state index in [-0.39, 0.29) is 12.3 Å². The molecule has 140 valence electrons. The van der Waals surface area contributed by atoms with Crippen LogP contribution in [0, 0.1) is 0 Å². The molecule has 0 radical (unpaired) electrons. The standard InChI is InChI=1S/C20H20N2O4S/c1-3-24-14-6-4-13(5-7-14)10-19(23)21-20-22(2)15-11-16-17(12-18(15)27-20)26-9-8-25-16/h4-7,11-12H,3,8-10H2,1-2H3. The highest BCUT2D eigenvalue weighted by molar-refractivity contribution is 7.16. The van der Waals surface area contributed by atoms with Crippen molar-refractivity contribution in [3.8, 4) is 17.2 Å². The Bertz CT molecular complexity index is 1050. The van der Waals surface area contributed by atoms with Crippen molar-refractivity contribution in [1.29, 1.82) is 0 Å². The second-order valence-electron chi connectivity index (χ2n) is 6.17. The van der Waals surface area contributed by atoms with Gasteiger partial charge in [-0.15, -0.1) is 0 Å². The summed E-state index contributed by atoms with van der Waals surface area (Å²) in [5, 5.41) is 0. The summed E-state index contributed by atoms with van der Waals surface area (Å²) in [5.74, 6) is 2.09. The van der Waals surface area contributed by atoms with Crippen LogP contribution in [0.5, 0.6) is 17.2 Å². The number of ether oxygens (including phenoxy) is 3. The predicted octanol–water partition coefficient (Wildman–Crippen LogP) is 3.08. The van der Waals surface area contributed by atoms with Crippen LogP contribution >= 0.6 is 11.3 Å². The lowest BCUT2D eigenvalue weighted by atomic mass is 10.1. The Hall–Kier alpha value is -2.80. The second kappa shape index (κ2) is 7.44. The van der Waals surface area contributed by atoms with Crippen LogP contribution in [0.25, 0.3) is 10.2 Å². The summed E-state index contributed by atoms with van der Waals surface area (Å²) in [4.78, 5) is 17.4. The first-order valence-electron chi connectivity index (χ1n) is 8.82. The number of carbonyl (C=O) groups excluding carboxylic acids is 1. The zero-order valence-electron chi connectivity index (χ0n) is 15.2. The van der Waals surface area contributed by atoms with Crippen molar-refractivity contribution in [2.75, 3.05) is 19.8 Å². The van der Waals surface area contributed by atoms with Crippen LogP contribution in [-0.2, 0) is 18.3 Å². The number of hydrogen-bond acceptors (Lipinski definition) is 5. The highest BCUT2D eigenvalue weighted by atomic mass is 32.1. The Morgan fingerprint density at radius 2 is 1.89 bits per heavy atom. The number of nitrogens with zero attached hydrogens (tertiary/aromatic N) is 2. The number of hydrogen-bond donors (Lipinski definition) is 0. The molecule has 6 nitrogen and oxygen atoms in total. The van der Waals surface area contributed by atoms with E-state index in [0.29, 0.717) is 24.6 Å². The van der Waals surface area contributed by atoms with Crippen LogP contribution in [-0.4, -0.2) is 30.3 Å². The van der Waals surface area contributed by atoms with E-state index in [0.717, 1.165) is 33.0 Å². The number of aryl methyl sites for hydroxylation is 1. The average molecular weight is 384 g/mol. The van der Waals surface area contributed by atoms with Gasteiger partial charge in [-0.25, -0.2) is 0 Å². The summed E-state index contributed by atoms with van der Waals surface area (Å²) in [6.45, 7) is 3.66. The minimum Gasteiger partial charge on any atom is -0.494 e. The second-order valence-corrected chi connectivity index (χ2v) is 7.18. The van der Waals surface area contributed by atoms with Gasteiger partial charge in [-0.2, -0.15) is 4.99 Å². The van der Waals surface area contributed by atoms with Gasteiger partial charge in [0.15, 0.2) is 16.3 Å². The van der Waals surface area contributed by atoms with Gasteiger partial charge < -0.3 is 18.8 Å². The van der Waals surface area contributed by atoms with Crippen LogP contribution in [0.4, 0.5) is 0 Å². The largest absolute Gasteiger partial charge is 0.494 e. The molecule has 7 heteroatoms. The minimum atomic E-state index is -0.182. The summed E-state index contributed by atoms with van der Waals surface area (Å²) in [6.07, 6.45) is 0.253. The maximum absolute atomic E-state index is 12.4. The van der Waals surface area contributed by atoms with Gasteiger partial charge in [0.05, 0.1) is 23.2 Å². The van der Waals surface area contributed by atoms with Crippen molar-refractivity contribution in [2.45, 2.75) is 13.3 Å². The summed E-state index contributed by atoms with van der Waals surface area (Å²) in [6, 6.07) is 11.4. The minimum absolute atomic E-state index is 0.182. The molecule has 0 bridgehead atoms. The number of fused-ring (bicyclic) bond motifs is 2. The highest BCUT2D eigenvalue weighted by Crippen LogP contribution is 2.35. The number of thiazole rings is 1. The van der Waals surface area contributed by atoms with Gasteiger partial charge in [0.25, 0.3) is 5.91 Å². The van der Waals surface area contributed by atoms with Crippen molar-refractivity contribution < 1.29 is 19.0 Å². The van der Waals surface area contributed by atoms with E-state index >= 15 is 0 Å². The summed E-state index contributed by atoms with van der Waals surface area (Å²) >= 11 is 1.46. The molecule has 2 aromatic carbocycles. The summed E-state index contributed by atoms with van der Waals surface area (Å²) < 4.78 is 19.6. The van der Waals surface area contributed by atoms with Crippen LogP contribution in [0.15, 0.2) is 41.4 Å². The number of rotatable bonds is 4. The fourth-order valence-electron chi connectivity index (χ4n) is 2.96. The van der Waals surface area contributed by atoms with Gasteiger partial charge in [-0.3, -0.25) is 4.79 Å². The van der Waals surface area contributed by atoms with Crippen LogP contribution < -0.4 is 19.0 Å². The fourth-order valence-corrected chi connectivity index (χ4v) is 4.01. The van der Waals surface area contributed by atoms with E-state index in [1.165, 1.54) is 11.3 Å². The lowest BCUT2D eigenvalue weighted by molar-refractivity contribution is -0.117. The molecular formula is C20H20N2O4S. The first-order valence-corrected chi connectivity index (χ1v) is 9.64. The predicted molar refractivity (Wildman–Crippen MR) is 104 cm³/mol. The molecular weight excluding hydrogens is 364 g/mol. The van der Waals surface area contributed by atoms with E-state index < -0.39 is 0 Å². The molecule has 2 heterocycles. The molecule has 0 unspecified atom stereocenters. The Kier molecular flexibility index (Phi) is 4.85. The quantitative estimate of drug-likeness (QED) is 0.694. The zero-order valence-corrected chi connectivity index (χ0v) is 16.0. The molecule has 1 aliphatic rings. The van der Waals surface area contributed by atoms with Crippen LogP contribution in [0.3, 0.4) is 0 Å². The first kappa shape index (κ1) is 17.6. The Labute approximate surface area is 160 Å². The Morgan fingerprint density at radius 3 is 2.59 bits per heavy atom. The third kappa shape index (κ3) is 3.68. The fraction of sp³-hybridized carbons (Fsp3) is 0.300. The highest BCUT2D eigenvalue weighted by Gasteiger charge is 2.15. The Balaban J connectivity index is 1.59. The van der Waals surface area contributed by atoms with Gasteiger partial charge in [0.2, 0.25) is 0 Å². The molecule has 0 saturated carbocycles. The lowest BCUT2D eigenvalue weighted by Gasteiger charge is -2.18. The van der Waals surface area contributed by atoms with Gasteiger partial charge in [-0.05, 0) is 24.6 Å². The van der Waals surface area contributed by atoms with Crippen LogP contribution in [0.1, 0.15) is 12.5 Å². The SMILES string of the molecule is CCOc1ccc(CC(=O)N=c2sc3cc4c(cc3n2C)OCCO4)cc1. The molecule has 0 N–H and O–H groups in total. The van der Waals surface area contributed by atoms with Crippen LogP contribution in [0.2, 0.25) is 0 Å². The molecule has 0 fully saturated rings. The maximum atomic E-state index is 12.4. The molecule has 1 amide bonds. The normalized spacial score (nSPS) is 13.8. The van der Waals surface area contributed by atoms with Crippen molar-refractivity contribution in [2.24, 2.45) is 12.0 Å². The Morgan fingerprint density at radius 1 is 1.19 bits per heavy atom. The van der Waals surface area contributed by atoms with E-state index in [1.54, 1.807) is 0 Å². The molecule has 0 atom stereocenters. The zero-order chi connectivity index (χ0) is 18.8. The molecule has 0 aliphatic carbocycles. The average Bonchev–Trinajstić information content (AvgIpc) is 2.96. The molecule has 4 rings (SSSR count). The molecule has 0 saturated heterocycles. The third-order valence-electron chi connectivity index (χ3n) is 4.28. The van der Waals surface area contributed by atoms with E-state index in [1.807, 2.05) is 54.9 Å². The maximum Gasteiger partial charge on any atom is 0.252 e. The molecule has 1 aliphatic heterocycles. The first-order chi connectivity index (χ1) is 13.1. The molecule has 27 heavy (non-hydrogen) atoms. The van der Waals surface area contributed by atoms with Crippen molar-refractivity contribution in [3.05, 3.63) is 46.8 Å². The van der Waals surface area contributed by atoms with E-state index in [4.69, 9.17) is 14.2 Å². The van der Waals surface area contributed by atoms with Gasteiger partial charge in [-0.1, -0.05) is 23.5 Å². The van der Waals surface area contributed by atoms with Crippen molar-refractivity contribution >= 4 is 27.5 Å². The van der Waals surface area contributed by atoms with E-state index in [9.17, 15) is 4.79 Å². The van der Waals surface area contributed by atoms with Gasteiger partial charge in [0, 0.05) is 19.2 Å². The topological polar surface area (TPSA) is 62.0 Å².